The molecule has 0 saturated heterocycles. The van der Waals surface area contributed by atoms with Crippen molar-refractivity contribution in [1.29, 1.82) is 0 Å². The average molecular weight is 301 g/mol. The Morgan fingerprint density at radius 1 is 1.43 bits per heavy atom. The van der Waals surface area contributed by atoms with Crippen LogP contribution in [0.2, 0.25) is 0 Å². The van der Waals surface area contributed by atoms with Crippen LogP contribution in [0.5, 0.6) is 0 Å². The van der Waals surface area contributed by atoms with Gasteiger partial charge in [-0.3, -0.25) is 9.79 Å². The quantitative estimate of drug-likeness (QED) is 0.486. The summed E-state index contributed by atoms with van der Waals surface area (Å²) in [6.45, 7) is 5.00. The highest BCUT2D eigenvalue weighted by Crippen LogP contribution is 2.19. The van der Waals surface area contributed by atoms with E-state index in [1.54, 1.807) is 27.2 Å². The van der Waals surface area contributed by atoms with Gasteiger partial charge in [-0.2, -0.15) is 0 Å². The number of methoxy groups -OCH3 is 1. The van der Waals surface area contributed by atoms with E-state index in [0.29, 0.717) is 13.0 Å². The van der Waals surface area contributed by atoms with Gasteiger partial charge in [0.15, 0.2) is 18.7 Å². The number of aliphatic imine (C=N–C) groups is 1. The molecule has 120 valence electrons. The monoisotopic (exact) mass is 301 g/mol. The highest BCUT2D eigenvalue weighted by molar-refractivity contribution is 5.84. The number of rotatable bonds is 8. The fourth-order valence-corrected chi connectivity index (χ4v) is 2.07. The third kappa shape index (κ3) is 5.18. The molecular formula is C14H23NO6. The summed E-state index contributed by atoms with van der Waals surface area (Å²) in [6.07, 6.45) is 0.703. The van der Waals surface area contributed by atoms with Gasteiger partial charge in [-0.1, -0.05) is 0 Å². The highest BCUT2D eigenvalue weighted by atomic mass is 16.7. The van der Waals surface area contributed by atoms with Crippen LogP contribution in [-0.2, 0) is 28.5 Å². The van der Waals surface area contributed by atoms with Crippen LogP contribution in [0.4, 0.5) is 0 Å². The SMILES string of the molecule is CCOC(C)C(=O)OCOC1C(OC)CC=NC1C(C)=O. The van der Waals surface area contributed by atoms with Gasteiger partial charge in [0, 0.05) is 26.4 Å². The van der Waals surface area contributed by atoms with E-state index < -0.39 is 24.2 Å². The minimum atomic E-state index is -0.648. The first kappa shape index (κ1) is 17.7. The van der Waals surface area contributed by atoms with Crippen molar-refractivity contribution >= 4 is 18.0 Å². The highest BCUT2D eigenvalue weighted by Gasteiger charge is 2.35. The van der Waals surface area contributed by atoms with Gasteiger partial charge in [0.25, 0.3) is 0 Å². The minimum absolute atomic E-state index is 0.119. The number of nitrogens with zero attached hydrogens (tertiary/aromatic N) is 1. The number of ether oxygens (including phenoxy) is 4. The molecule has 1 heterocycles. The van der Waals surface area contributed by atoms with Crippen LogP contribution in [0.3, 0.4) is 0 Å². The third-order valence-corrected chi connectivity index (χ3v) is 3.21. The van der Waals surface area contributed by atoms with Crippen LogP contribution in [0.25, 0.3) is 0 Å². The van der Waals surface area contributed by atoms with Gasteiger partial charge in [0.2, 0.25) is 0 Å². The van der Waals surface area contributed by atoms with Crippen molar-refractivity contribution in [1.82, 2.24) is 0 Å². The van der Waals surface area contributed by atoms with Crippen molar-refractivity contribution in [2.75, 3.05) is 20.5 Å². The summed E-state index contributed by atoms with van der Waals surface area (Å²) in [6, 6.07) is -0.633. The molecule has 1 rings (SSSR count). The lowest BCUT2D eigenvalue weighted by Crippen LogP contribution is -2.46. The van der Waals surface area contributed by atoms with E-state index in [1.165, 1.54) is 6.92 Å². The van der Waals surface area contributed by atoms with Crippen molar-refractivity contribution < 1.29 is 28.5 Å². The largest absolute Gasteiger partial charge is 0.437 e. The maximum absolute atomic E-state index is 11.6. The van der Waals surface area contributed by atoms with Crippen molar-refractivity contribution in [3.63, 3.8) is 0 Å². The molecule has 0 aromatic carbocycles. The van der Waals surface area contributed by atoms with Gasteiger partial charge in [-0.15, -0.1) is 0 Å². The van der Waals surface area contributed by atoms with Gasteiger partial charge in [0.1, 0.15) is 12.1 Å². The van der Waals surface area contributed by atoms with E-state index in [-0.39, 0.29) is 18.7 Å². The molecule has 0 radical (unpaired) electrons. The maximum atomic E-state index is 11.6. The molecule has 21 heavy (non-hydrogen) atoms. The normalized spacial score (nSPS) is 26.4. The molecule has 1 aliphatic rings. The van der Waals surface area contributed by atoms with Gasteiger partial charge >= 0.3 is 5.97 Å². The van der Waals surface area contributed by atoms with Crippen LogP contribution in [0.15, 0.2) is 4.99 Å². The molecule has 4 atom stereocenters. The Labute approximate surface area is 124 Å². The Kier molecular flexibility index (Phi) is 7.49. The summed E-state index contributed by atoms with van der Waals surface area (Å²) in [5.74, 6) is -0.628. The molecular weight excluding hydrogens is 278 g/mol. The van der Waals surface area contributed by atoms with Gasteiger partial charge in [-0.25, -0.2) is 4.79 Å². The van der Waals surface area contributed by atoms with Crippen LogP contribution in [0.1, 0.15) is 27.2 Å². The maximum Gasteiger partial charge on any atom is 0.337 e. The van der Waals surface area contributed by atoms with Gasteiger partial charge in [0.05, 0.1) is 6.10 Å². The standard InChI is InChI=1S/C14H23NO6/c1-5-19-10(3)14(17)21-8-20-13-11(18-4)6-7-15-12(13)9(2)16/h7,10-13H,5-6,8H2,1-4H3. The van der Waals surface area contributed by atoms with Crippen molar-refractivity contribution in [3.8, 4) is 0 Å². The van der Waals surface area contributed by atoms with Crippen LogP contribution in [-0.4, -0.2) is 62.8 Å². The second-order valence-corrected chi connectivity index (χ2v) is 4.71. The molecule has 0 aliphatic carbocycles. The zero-order valence-corrected chi connectivity index (χ0v) is 12.9. The molecule has 0 saturated carbocycles. The van der Waals surface area contributed by atoms with E-state index in [2.05, 4.69) is 4.99 Å². The molecule has 1 aliphatic heterocycles. The third-order valence-electron chi connectivity index (χ3n) is 3.21. The summed E-state index contributed by atoms with van der Waals surface area (Å²) in [5, 5.41) is 0. The predicted molar refractivity (Wildman–Crippen MR) is 75.3 cm³/mol. The van der Waals surface area contributed by atoms with Crippen molar-refractivity contribution in [2.24, 2.45) is 4.99 Å². The predicted octanol–water partition coefficient (Wildman–Crippen LogP) is 0.744. The number of Topliss-reactive ketones (excluding diaryl/α,β-unsaturated/α-hetero) is 1. The molecule has 0 spiro atoms. The Bertz CT molecular complexity index is 384. The van der Waals surface area contributed by atoms with Crippen LogP contribution >= 0.6 is 0 Å². The number of carbonyl (C=O) groups is 2. The van der Waals surface area contributed by atoms with Gasteiger partial charge < -0.3 is 18.9 Å². The molecule has 0 fully saturated rings. The smallest absolute Gasteiger partial charge is 0.337 e. The Morgan fingerprint density at radius 2 is 2.14 bits per heavy atom. The van der Waals surface area contributed by atoms with Crippen molar-refractivity contribution in [2.45, 2.75) is 51.5 Å². The first-order chi connectivity index (χ1) is 10.0. The lowest BCUT2D eigenvalue weighted by molar-refractivity contribution is -0.180. The summed E-state index contributed by atoms with van der Waals surface area (Å²) < 4.78 is 20.9. The molecule has 0 aromatic heterocycles. The number of esters is 1. The Hall–Kier alpha value is -1.31. The summed E-state index contributed by atoms with van der Waals surface area (Å²) in [4.78, 5) is 27.3. The first-order valence-electron chi connectivity index (χ1n) is 6.96. The van der Waals surface area contributed by atoms with Gasteiger partial charge in [-0.05, 0) is 20.8 Å². The van der Waals surface area contributed by atoms with Crippen LogP contribution in [0, 0.1) is 0 Å². The number of carbonyl (C=O) groups excluding carboxylic acids is 2. The first-order valence-corrected chi connectivity index (χ1v) is 6.96. The van der Waals surface area contributed by atoms with E-state index in [4.69, 9.17) is 18.9 Å². The van der Waals surface area contributed by atoms with E-state index in [0.717, 1.165) is 0 Å². The molecule has 7 nitrogen and oxygen atoms in total. The molecule has 0 amide bonds. The number of hydrogen-bond acceptors (Lipinski definition) is 7. The molecule has 0 aromatic rings. The second-order valence-electron chi connectivity index (χ2n) is 4.71. The minimum Gasteiger partial charge on any atom is -0.437 e. The molecule has 4 unspecified atom stereocenters. The fraction of sp³-hybridized carbons (Fsp3) is 0.786. The second kappa shape index (κ2) is 8.86. The zero-order valence-electron chi connectivity index (χ0n) is 12.9. The Morgan fingerprint density at radius 3 is 2.71 bits per heavy atom. The molecule has 0 bridgehead atoms. The Balaban J connectivity index is 2.52. The lowest BCUT2D eigenvalue weighted by Gasteiger charge is -2.31. The number of hydrogen-bond donors (Lipinski definition) is 0. The fourth-order valence-electron chi connectivity index (χ4n) is 2.07. The number of ketones is 1. The molecule has 0 N–H and O–H groups in total. The van der Waals surface area contributed by atoms with Crippen LogP contribution < -0.4 is 0 Å². The average Bonchev–Trinajstić information content (AvgIpc) is 2.47. The summed E-state index contributed by atoms with van der Waals surface area (Å²) in [5.41, 5.74) is 0. The molecule has 7 heteroatoms. The zero-order chi connectivity index (χ0) is 15.8. The summed E-state index contributed by atoms with van der Waals surface area (Å²) >= 11 is 0. The van der Waals surface area contributed by atoms with E-state index in [9.17, 15) is 9.59 Å². The topological polar surface area (TPSA) is 83.4 Å². The van der Waals surface area contributed by atoms with Crippen molar-refractivity contribution in [3.05, 3.63) is 0 Å². The van der Waals surface area contributed by atoms with E-state index >= 15 is 0 Å². The lowest BCUT2D eigenvalue weighted by atomic mass is 9.97. The van der Waals surface area contributed by atoms with E-state index in [1.807, 2.05) is 0 Å². The summed E-state index contributed by atoms with van der Waals surface area (Å²) in [7, 11) is 1.54.